The van der Waals surface area contributed by atoms with E-state index in [0.717, 1.165) is 0 Å². The molecule has 1 N–H and O–H groups in total. The van der Waals surface area contributed by atoms with E-state index < -0.39 is 9.95 Å². The van der Waals surface area contributed by atoms with Crippen LogP contribution in [0.3, 0.4) is 0 Å². The van der Waals surface area contributed by atoms with Gasteiger partial charge in [-0.25, -0.2) is 4.79 Å². The van der Waals surface area contributed by atoms with Gasteiger partial charge in [0, 0.05) is 18.0 Å². The van der Waals surface area contributed by atoms with Gasteiger partial charge in [0.2, 0.25) is 0 Å². The largest absolute Gasteiger partial charge is 0.497 e. The summed E-state index contributed by atoms with van der Waals surface area (Å²) in [6, 6.07) is 10.6. The van der Waals surface area contributed by atoms with Crippen molar-refractivity contribution in [1.82, 2.24) is 4.72 Å². The first-order chi connectivity index (χ1) is 11.7. The van der Waals surface area contributed by atoms with Crippen LogP contribution < -0.4 is 14.4 Å². The fraction of sp³-hybridized carbons (Fsp3) is 0.133. The standard InChI is InChI=1S/C15H11Cl4FN2O2S/c1-24-11-4-2-3-9(7-11)22(14(23)21-25-15(18,19)20)10-5-6-12(16)13(17)8-10/h2-8H,1H3,(H,21,23). The van der Waals surface area contributed by atoms with Crippen molar-refractivity contribution in [3.63, 3.8) is 0 Å². The lowest BCUT2D eigenvalue weighted by molar-refractivity contribution is 0.253. The number of carbonyl (C=O) groups is 1. The molecular weight excluding hydrogens is 433 g/mol. The molecular formula is C15H11Cl4FN2O2S. The zero-order valence-corrected chi connectivity index (χ0v) is 16.4. The maximum Gasteiger partial charge on any atom is 0.336 e. The molecule has 4 nitrogen and oxygen atoms in total. The number of rotatable bonds is 5. The van der Waals surface area contributed by atoms with Gasteiger partial charge in [-0.15, -0.1) is 0 Å². The van der Waals surface area contributed by atoms with Crippen molar-refractivity contribution in [2.45, 2.75) is 3.92 Å². The summed E-state index contributed by atoms with van der Waals surface area (Å²) in [6.07, 6.45) is 0. The number of nitrogens with zero attached hydrogens (tertiary/aromatic N) is 1. The summed E-state index contributed by atoms with van der Waals surface area (Å²) in [5.41, 5.74) is 0.846. The van der Waals surface area contributed by atoms with Crippen LogP contribution in [-0.4, -0.2) is 17.1 Å². The highest BCUT2D eigenvalue weighted by Crippen LogP contribution is 2.36. The molecule has 0 bridgehead atoms. The monoisotopic (exact) mass is 442 g/mol. The molecule has 0 aromatic heterocycles. The smallest absolute Gasteiger partial charge is 0.336 e. The summed E-state index contributed by atoms with van der Waals surface area (Å²) in [6.45, 7) is 0. The molecule has 0 radical (unpaired) electrons. The van der Waals surface area contributed by atoms with Crippen LogP contribution in [0.1, 0.15) is 0 Å². The van der Waals surface area contributed by atoms with E-state index >= 15 is 0 Å². The average Bonchev–Trinajstić information content (AvgIpc) is 2.56. The highest BCUT2D eigenvalue weighted by Gasteiger charge is 2.27. The van der Waals surface area contributed by atoms with Gasteiger partial charge in [0.05, 0.1) is 28.5 Å². The first-order valence-electron chi connectivity index (χ1n) is 6.65. The molecule has 0 heterocycles. The molecule has 0 atom stereocenters. The molecule has 2 rings (SSSR count). The molecule has 25 heavy (non-hydrogen) atoms. The Morgan fingerprint density at radius 3 is 2.44 bits per heavy atom. The van der Waals surface area contributed by atoms with Crippen molar-refractivity contribution in [2.24, 2.45) is 0 Å². The van der Waals surface area contributed by atoms with E-state index in [2.05, 4.69) is 4.72 Å². The number of anilines is 2. The van der Waals surface area contributed by atoms with Crippen LogP contribution in [0.25, 0.3) is 0 Å². The lowest BCUT2D eigenvalue weighted by Gasteiger charge is -2.24. The molecule has 2 aromatic rings. The molecule has 0 aliphatic carbocycles. The minimum Gasteiger partial charge on any atom is -0.497 e. The quantitative estimate of drug-likeness (QED) is 0.420. The minimum absolute atomic E-state index is 0.209. The van der Waals surface area contributed by atoms with Crippen LogP contribution in [0, 0.1) is 0 Å². The first-order valence-corrected chi connectivity index (χ1v) is 8.98. The summed E-state index contributed by atoms with van der Waals surface area (Å²) in [5, 5.41) is 0.581. The number of amides is 2. The summed E-state index contributed by atoms with van der Waals surface area (Å²) < 4.78 is 18.0. The number of benzene rings is 2. The fourth-order valence-corrected chi connectivity index (χ4v) is 2.72. The number of nitrogens with one attached hydrogen (secondary N) is 1. The van der Waals surface area contributed by atoms with E-state index in [1.165, 1.54) is 24.1 Å². The predicted octanol–water partition coefficient (Wildman–Crippen LogP) is 6.56. The number of hydrogen-bond donors (Lipinski definition) is 1. The van der Waals surface area contributed by atoms with Crippen LogP contribution in [0.4, 0.5) is 20.6 Å². The van der Waals surface area contributed by atoms with E-state index in [1.807, 2.05) is 0 Å². The number of hydrogen-bond acceptors (Lipinski definition) is 3. The maximum atomic E-state index is 13.3. The Labute approximate surface area is 168 Å². The minimum atomic E-state index is -2.67. The van der Waals surface area contributed by atoms with Crippen molar-refractivity contribution >= 4 is 75.8 Å². The number of carbonyl (C=O) groups excluding carboxylic acids is 1. The number of alkyl halides is 3. The van der Waals surface area contributed by atoms with Gasteiger partial charge >= 0.3 is 9.95 Å². The maximum absolute atomic E-state index is 13.3. The SMILES string of the molecule is COc1cccc(N(C(=O)NSC(F)(Cl)Cl)c2ccc(Cl)c(Cl)c2)c1. The average molecular weight is 444 g/mol. The van der Waals surface area contributed by atoms with Crippen molar-refractivity contribution < 1.29 is 13.9 Å². The van der Waals surface area contributed by atoms with Gasteiger partial charge in [-0.2, -0.15) is 4.39 Å². The van der Waals surface area contributed by atoms with Gasteiger partial charge in [-0.05, 0) is 30.3 Å². The Morgan fingerprint density at radius 2 is 1.84 bits per heavy atom. The van der Waals surface area contributed by atoms with Gasteiger partial charge < -0.3 is 4.74 Å². The molecule has 2 amide bonds. The van der Waals surface area contributed by atoms with E-state index in [0.29, 0.717) is 22.1 Å². The first kappa shape index (κ1) is 20.3. The van der Waals surface area contributed by atoms with Crippen LogP contribution in [0.5, 0.6) is 5.75 Å². The van der Waals surface area contributed by atoms with Gasteiger partial charge in [0.15, 0.2) is 0 Å². The third-order valence-electron chi connectivity index (χ3n) is 2.93. The number of methoxy groups -OCH3 is 1. The lowest BCUT2D eigenvalue weighted by Crippen LogP contribution is -2.34. The Bertz CT molecular complexity index is 773. The molecule has 0 saturated carbocycles. The highest BCUT2D eigenvalue weighted by atomic mass is 35.5. The normalized spacial score (nSPS) is 11.1. The lowest BCUT2D eigenvalue weighted by atomic mass is 10.2. The van der Waals surface area contributed by atoms with E-state index in [1.54, 1.807) is 30.3 Å². The number of urea groups is 1. The Morgan fingerprint density at radius 1 is 1.16 bits per heavy atom. The van der Waals surface area contributed by atoms with E-state index in [9.17, 15) is 9.18 Å². The summed E-state index contributed by atoms with van der Waals surface area (Å²) >= 11 is 22.6. The third kappa shape index (κ3) is 5.72. The molecule has 0 spiro atoms. The van der Waals surface area contributed by atoms with Crippen molar-refractivity contribution in [1.29, 1.82) is 0 Å². The summed E-state index contributed by atoms with van der Waals surface area (Å²) in [7, 11) is 1.50. The second-order valence-electron chi connectivity index (χ2n) is 4.59. The Hall–Kier alpha value is -1.05. The molecule has 2 aromatic carbocycles. The molecule has 10 heteroatoms. The second kappa shape index (κ2) is 8.56. The molecule has 0 unspecified atom stereocenters. The molecule has 134 valence electrons. The van der Waals surface area contributed by atoms with Gasteiger partial charge in [-0.1, -0.05) is 52.5 Å². The number of ether oxygens (including phenoxy) is 1. The van der Waals surface area contributed by atoms with Crippen LogP contribution in [0.15, 0.2) is 42.5 Å². The summed E-state index contributed by atoms with van der Waals surface area (Å²) in [4.78, 5) is 13.8. The van der Waals surface area contributed by atoms with Crippen LogP contribution >= 0.6 is 58.4 Å². The van der Waals surface area contributed by atoms with Crippen LogP contribution in [-0.2, 0) is 0 Å². The Balaban J connectivity index is 2.43. The van der Waals surface area contributed by atoms with Gasteiger partial charge in [0.1, 0.15) is 5.75 Å². The zero-order valence-electron chi connectivity index (χ0n) is 12.6. The van der Waals surface area contributed by atoms with Gasteiger partial charge in [0.25, 0.3) is 0 Å². The van der Waals surface area contributed by atoms with Crippen molar-refractivity contribution in [3.05, 3.63) is 52.5 Å². The molecule has 0 aliphatic heterocycles. The van der Waals surface area contributed by atoms with Crippen LogP contribution in [0.2, 0.25) is 10.0 Å². The Kier molecular flexibility index (Phi) is 6.93. The van der Waals surface area contributed by atoms with E-state index in [-0.39, 0.29) is 17.0 Å². The molecule has 0 aliphatic rings. The highest BCUT2D eigenvalue weighted by molar-refractivity contribution is 8.01. The second-order valence-corrected chi connectivity index (χ2v) is 8.06. The molecule has 0 saturated heterocycles. The third-order valence-corrected chi connectivity index (χ3v) is 4.64. The predicted molar refractivity (Wildman–Crippen MR) is 103 cm³/mol. The van der Waals surface area contributed by atoms with Crippen molar-refractivity contribution in [3.8, 4) is 5.75 Å². The van der Waals surface area contributed by atoms with Gasteiger partial charge in [-0.3, -0.25) is 9.62 Å². The molecule has 0 fully saturated rings. The topological polar surface area (TPSA) is 41.6 Å². The fourth-order valence-electron chi connectivity index (χ4n) is 1.90. The summed E-state index contributed by atoms with van der Waals surface area (Å²) in [5.74, 6) is 0.525. The van der Waals surface area contributed by atoms with E-state index in [4.69, 9.17) is 51.1 Å². The zero-order chi connectivity index (χ0) is 18.6. The number of halogens is 5. The van der Waals surface area contributed by atoms with Crippen molar-refractivity contribution in [2.75, 3.05) is 12.0 Å².